The molecule has 0 heterocycles. The van der Waals surface area contributed by atoms with Gasteiger partial charge < -0.3 is 0 Å². The molecule has 0 aliphatic heterocycles. The predicted octanol–water partition coefficient (Wildman–Crippen LogP) is 5.16. The zero-order chi connectivity index (χ0) is 13.8. The average molecular weight is 264 g/mol. The topological polar surface area (TPSA) is 0 Å². The molecule has 21 heavy (non-hydrogen) atoms. The van der Waals surface area contributed by atoms with Gasteiger partial charge in [0.2, 0.25) is 0 Å². The lowest BCUT2D eigenvalue weighted by molar-refractivity contribution is 1.28. The third kappa shape index (κ3) is 1.56. The molecule has 5 rings (SSSR count). The van der Waals surface area contributed by atoms with E-state index in [1.165, 1.54) is 38.4 Å². The molecule has 1 aliphatic carbocycles. The molecule has 0 bridgehead atoms. The van der Waals surface area contributed by atoms with E-state index in [0.29, 0.717) is 0 Å². The van der Waals surface area contributed by atoms with Gasteiger partial charge in [-0.3, -0.25) is 0 Å². The summed E-state index contributed by atoms with van der Waals surface area (Å²) in [5.41, 5.74) is 5.60. The van der Waals surface area contributed by atoms with Gasteiger partial charge in [0, 0.05) is 0 Å². The summed E-state index contributed by atoms with van der Waals surface area (Å²) in [6.45, 7) is 0. The van der Waals surface area contributed by atoms with E-state index in [9.17, 15) is 0 Å². The second kappa shape index (κ2) is 3.95. The largest absolute Gasteiger partial charge is 0.0616 e. The average Bonchev–Trinajstić information content (AvgIpc) is 2.87. The van der Waals surface area contributed by atoms with Crippen LogP contribution in [0.5, 0.6) is 0 Å². The minimum Gasteiger partial charge on any atom is -0.0616 e. The van der Waals surface area contributed by atoms with Crippen molar-refractivity contribution in [3.63, 3.8) is 0 Å². The summed E-state index contributed by atoms with van der Waals surface area (Å²) in [5, 5.41) is 5.05. The first-order chi connectivity index (χ1) is 10.4. The standard InChI is InChI=1S/C21H12/c1-3-7-16-12-20-18(9-14(16)5-1)11-19-10-15-6-2-4-8-17(15)13-21(19)20/h1,3-5,7-10,12-13H,11H2. The molecule has 0 spiro atoms. The minimum absolute atomic E-state index is 1.02. The van der Waals surface area contributed by atoms with Gasteiger partial charge in [-0.05, 0) is 80.6 Å². The van der Waals surface area contributed by atoms with E-state index < -0.39 is 0 Å². The maximum absolute atomic E-state index is 3.22. The number of benzene rings is 4. The van der Waals surface area contributed by atoms with Gasteiger partial charge in [0.25, 0.3) is 0 Å². The Morgan fingerprint density at radius 3 is 2.29 bits per heavy atom. The molecule has 0 saturated heterocycles. The molecule has 2 radical (unpaired) electrons. The molecule has 0 nitrogen and oxygen atoms in total. The van der Waals surface area contributed by atoms with Crippen molar-refractivity contribution >= 4 is 21.5 Å². The van der Waals surface area contributed by atoms with Crippen LogP contribution in [0.25, 0.3) is 32.7 Å². The zero-order valence-corrected chi connectivity index (χ0v) is 11.5. The van der Waals surface area contributed by atoms with E-state index >= 15 is 0 Å². The number of rotatable bonds is 0. The third-order valence-corrected chi connectivity index (χ3v) is 4.47. The predicted molar refractivity (Wildman–Crippen MR) is 87.4 cm³/mol. The minimum atomic E-state index is 1.02. The van der Waals surface area contributed by atoms with E-state index in [4.69, 9.17) is 0 Å². The molecule has 96 valence electrons. The zero-order valence-electron chi connectivity index (χ0n) is 11.5. The van der Waals surface area contributed by atoms with Crippen LogP contribution in [0.4, 0.5) is 0 Å². The summed E-state index contributed by atoms with van der Waals surface area (Å²) in [7, 11) is 0. The molecule has 0 heteroatoms. The molecule has 4 aromatic rings. The Bertz CT molecular complexity index is 926. The molecule has 0 N–H and O–H groups in total. The van der Waals surface area contributed by atoms with E-state index in [1.54, 1.807) is 0 Å². The fraction of sp³-hybridized carbons (Fsp3) is 0.0476. The van der Waals surface area contributed by atoms with Crippen LogP contribution in [0.2, 0.25) is 0 Å². The fourth-order valence-electron chi connectivity index (χ4n) is 3.44. The fourth-order valence-corrected chi connectivity index (χ4v) is 3.44. The first-order valence-electron chi connectivity index (χ1n) is 7.25. The Labute approximate surface area is 123 Å². The van der Waals surface area contributed by atoms with E-state index in [2.05, 4.69) is 66.7 Å². The Balaban J connectivity index is 1.84. The Morgan fingerprint density at radius 2 is 1.43 bits per heavy atom. The summed E-state index contributed by atoms with van der Waals surface area (Å²) in [4.78, 5) is 0. The van der Waals surface area contributed by atoms with Crippen molar-refractivity contribution in [2.75, 3.05) is 0 Å². The second-order valence-corrected chi connectivity index (χ2v) is 5.73. The highest BCUT2D eigenvalue weighted by atomic mass is 14.2. The summed E-state index contributed by atoms with van der Waals surface area (Å²) in [5.74, 6) is 0. The smallest absolute Gasteiger partial charge is 0.00130 e. The van der Waals surface area contributed by atoms with Gasteiger partial charge in [0.05, 0.1) is 0 Å². The maximum atomic E-state index is 3.22. The highest BCUT2D eigenvalue weighted by Gasteiger charge is 2.19. The van der Waals surface area contributed by atoms with Crippen molar-refractivity contribution in [1.82, 2.24) is 0 Å². The molecule has 0 fully saturated rings. The molecule has 4 aromatic carbocycles. The summed E-state index contributed by atoms with van der Waals surface area (Å²) < 4.78 is 0. The van der Waals surface area contributed by atoms with E-state index in [0.717, 1.165) is 11.8 Å². The van der Waals surface area contributed by atoms with E-state index in [-0.39, 0.29) is 0 Å². The molecule has 0 aromatic heterocycles. The van der Waals surface area contributed by atoms with Crippen molar-refractivity contribution in [2.24, 2.45) is 0 Å². The highest BCUT2D eigenvalue weighted by Crippen LogP contribution is 2.40. The van der Waals surface area contributed by atoms with Gasteiger partial charge in [0.15, 0.2) is 0 Å². The Hall–Kier alpha value is -2.60. The van der Waals surface area contributed by atoms with Crippen molar-refractivity contribution in [1.29, 1.82) is 0 Å². The molecule has 0 atom stereocenters. The number of hydrogen-bond acceptors (Lipinski definition) is 0. The lowest BCUT2D eigenvalue weighted by atomic mass is 9.99. The van der Waals surface area contributed by atoms with Crippen molar-refractivity contribution in [3.05, 3.63) is 83.9 Å². The molecule has 0 amide bonds. The first-order valence-corrected chi connectivity index (χ1v) is 7.25. The quantitative estimate of drug-likeness (QED) is 0.362. The molecule has 0 unspecified atom stereocenters. The van der Waals surface area contributed by atoms with Crippen LogP contribution in [-0.4, -0.2) is 0 Å². The van der Waals surface area contributed by atoms with Crippen LogP contribution < -0.4 is 0 Å². The Kier molecular flexibility index (Phi) is 2.09. The summed E-state index contributed by atoms with van der Waals surface area (Å²) in [6, 6.07) is 28.2. The van der Waals surface area contributed by atoms with Crippen molar-refractivity contribution in [2.45, 2.75) is 6.42 Å². The number of hydrogen-bond donors (Lipinski definition) is 0. The van der Waals surface area contributed by atoms with Crippen molar-refractivity contribution in [3.8, 4) is 11.1 Å². The van der Waals surface area contributed by atoms with E-state index in [1.807, 2.05) is 6.07 Å². The lowest BCUT2D eigenvalue weighted by Gasteiger charge is -2.05. The summed E-state index contributed by atoms with van der Waals surface area (Å²) in [6.07, 6.45) is 1.02. The molecular formula is C21H12. The monoisotopic (exact) mass is 264 g/mol. The Morgan fingerprint density at radius 1 is 0.714 bits per heavy atom. The summed E-state index contributed by atoms with van der Waals surface area (Å²) >= 11 is 0. The van der Waals surface area contributed by atoms with Gasteiger partial charge >= 0.3 is 0 Å². The molecular weight excluding hydrogens is 252 g/mol. The SMILES string of the molecule is [c]1[c]c2cc3c(cc2cc1)-c1cc2ccccc2cc1C3. The van der Waals surface area contributed by atoms with Crippen LogP contribution >= 0.6 is 0 Å². The van der Waals surface area contributed by atoms with Crippen LogP contribution in [0.15, 0.2) is 60.7 Å². The van der Waals surface area contributed by atoms with Crippen LogP contribution in [0.3, 0.4) is 0 Å². The van der Waals surface area contributed by atoms with Gasteiger partial charge in [-0.2, -0.15) is 0 Å². The second-order valence-electron chi connectivity index (χ2n) is 5.73. The molecule has 1 aliphatic rings. The third-order valence-electron chi connectivity index (χ3n) is 4.47. The number of fused-ring (bicyclic) bond motifs is 5. The normalized spacial score (nSPS) is 12.6. The lowest BCUT2D eigenvalue weighted by Crippen LogP contribution is -1.81. The van der Waals surface area contributed by atoms with Gasteiger partial charge in [0.1, 0.15) is 0 Å². The van der Waals surface area contributed by atoms with Gasteiger partial charge in [-0.15, -0.1) is 0 Å². The molecule has 0 saturated carbocycles. The van der Waals surface area contributed by atoms with Gasteiger partial charge in [-0.1, -0.05) is 42.5 Å². The van der Waals surface area contributed by atoms with Gasteiger partial charge in [-0.25, -0.2) is 0 Å². The highest BCUT2D eigenvalue weighted by molar-refractivity contribution is 5.96. The van der Waals surface area contributed by atoms with Crippen molar-refractivity contribution < 1.29 is 0 Å². The van der Waals surface area contributed by atoms with Crippen LogP contribution in [-0.2, 0) is 6.42 Å². The van der Waals surface area contributed by atoms with Crippen LogP contribution in [0.1, 0.15) is 11.1 Å². The van der Waals surface area contributed by atoms with Crippen LogP contribution in [0, 0.1) is 12.1 Å². The first kappa shape index (κ1) is 11.1. The maximum Gasteiger partial charge on any atom is -0.00130 e.